The lowest BCUT2D eigenvalue weighted by atomic mass is 9.82. The van der Waals surface area contributed by atoms with Gasteiger partial charge in [-0.2, -0.15) is 11.8 Å². The van der Waals surface area contributed by atoms with Gasteiger partial charge in [-0.05, 0) is 48.0 Å². The normalized spacial score (nSPS) is 48.5. The van der Waals surface area contributed by atoms with E-state index in [2.05, 4.69) is 25.6 Å². The van der Waals surface area contributed by atoms with Crippen molar-refractivity contribution in [3.05, 3.63) is 0 Å². The van der Waals surface area contributed by atoms with Crippen LogP contribution in [0.4, 0.5) is 0 Å². The zero-order chi connectivity index (χ0) is 8.55. The van der Waals surface area contributed by atoms with Crippen LogP contribution in [-0.4, -0.2) is 11.5 Å². The van der Waals surface area contributed by atoms with E-state index in [0.29, 0.717) is 0 Å². The fourth-order valence-electron chi connectivity index (χ4n) is 3.12. The van der Waals surface area contributed by atoms with Gasteiger partial charge in [-0.15, -0.1) is 0 Å². The molecule has 1 saturated carbocycles. The Hall–Kier alpha value is 0.350. The summed E-state index contributed by atoms with van der Waals surface area (Å²) < 4.78 is 0. The molecular formula is C11H20S. The molecule has 4 atom stereocenters. The topological polar surface area (TPSA) is 0 Å². The fraction of sp³-hybridized carbons (Fsp3) is 1.00. The molecule has 0 radical (unpaired) electrons. The second kappa shape index (κ2) is 3.61. The van der Waals surface area contributed by atoms with E-state index in [0.717, 1.165) is 23.7 Å². The zero-order valence-corrected chi connectivity index (χ0v) is 9.07. The number of fused-ring (bicyclic) bond motifs is 1. The molecule has 1 heteroatoms. The highest BCUT2D eigenvalue weighted by Gasteiger charge is 2.37. The highest BCUT2D eigenvalue weighted by molar-refractivity contribution is 7.99. The Morgan fingerprint density at radius 2 is 1.67 bits per heavy atom. The van der Waals surface area contributed by atoms with Crippen LogP contribution in [0.1, 0.15) is 33.1 Å². The fourth-order valence-corrected chi connectivity index (χ4v) is 4.35. The molecule has 2 fully saturated rings. The summed E-state index contributed by atoms with van der Waals surface area (Å²) >= 11 is 2.18. The average molecular weight is 184 g/mol. The van der Waals surface area contributed by atoms with Gasteiger partial charge in [-0.3, -0.25) is 0 Å². The van der Waals surface area contributed by atoms with Crippen LogP contribution in [0, 0.1) is 23.7 Å². The second-order valence-corrected chi connectivity index (χ2v) is 5.87. The van der Waals surface area contributed by atoms with Crippen molar-refractivity contribution in [1.29, 1.82) is 0 Å². The Bertz CT molecular complexity index is 155. The minimum Gasteiger partial charge on any atom is -0.162 e. The summed E-state index contributed by atoms with van der Waals surface area (Å²) in [4.78, 5) is 0. The van der Waals surface area contributed by atoms with Crippen molar-refractivity contribution in [3.8, 4) is 0 Å². The van der Waals surface area contributed by atoms with E-state index < -0.39 is 0 Å². The summed E-state index contributed by atoms with van der Waals surface area (Å²) in [7, 11) is 0. The third kappa shape index (κ3) is 1.53. The highest BCUT2D eigenvalue weighted by Crippen LogP contribution is 2.46. The van der Waals surface area contributed by atoms with Crippen molar-refractivity contribution in [2.45, 2.75) is 33.1 Å². The average Bonchev–Trinajstić information content (AvgIpc) is 2.30. The molecule has 12 heavy (non-hydrogen) atoms. The van der Waals surface area contributed by atoms with Crippen molar-refractivity contribution in [3.63, 3.8) is 0 Å². The molecule has 0 spiro atoms. The largest absolute Gasteiger partial charge is 0.162 e. The predicted octanol–water partition coefficient (Wildman–Crippen LogP) is 3.42. The maximum atomic E-state index is 2.47. The molecule has 0 nitrogen and oxygen atoms in total. The van der Waals surface area contributed by atoms with Gasteiger partial charge >= 0.3 is 0 Å². The lowest BCUT2D eigenvalue weighted by Crippen LogP contribution is -2.18. The lowest BCUT2D eigenvalue weighted by molar-refractivity contribution is 0.263. The Labute approximate surface area is 80.5 Å². The molecular weight excluding hydrogens is 164 g/mol. The maximum absolute atomic E-state index is 2.47. The van der Waals surface area contributed by atoms with Crippen LogP contribution in [0.5, 0.6) is 0 Å². The van der Waals surface area contributed by atoms with Gasteiger partial charge in [0.05, 0.1) is 0 Å². The Morgan fingerprint density at radius 3 is 2.50 bits per heavy atom. The van der Waals surface area contributed by atoms with Crippen LogP contribution in [0.2, 0.25) is 0 Å². The first-order chi connectivity index (χ1) is 5.79. The lowest BCUT2D eigenvalue weighted by Gasteiger charge is -2.23. The molecule has 0 aromatic carbocycles. The monoisotopic (exact) mass is 184 g/mol. The molecule has 70 valence electrons. The quantitative estimate of drug-likeness (QED) is 0.556. The maximum Gasteiger partial charge on any atom is -0.00390 e. The van der Waals surface area contributed by atoms with Gasteiger partial charge in [0.1, 0.15) is 0 Å². The molecule has 1 aliphatic heterocycles. The van der Waals surface area contributed by atoms with Crippen LogP contribution in [0.15, 0.2) is 0 Å². The standard InChI is InChI=1S/C11H20S/c1-8-3-4-10-9(2)7-12-6-5-11(8)10/h8-11H,3-7H2,1-2H3. The molecule has 1 heterocycles. The molecule has 0 aromatic rings. The zero-order valence-electron chi connectivity index (χ0n) is 8.25. The van der Waals surface area contributed by atoms with E-state index >= 15 is 0 Å². The summed E-state index contributed by atoms with van der Waals surface area (Å²) in [5.41, 5.74) is 0. The van der Waals surface area contributed by atoms with Crippen LogP contribution >= 0.6 is 11.8 Å². The summed E-state index contributed by atoms with van der Waals surface area (Å²) in [6.07, 6.45) is 4.53. The molecule has 1 aliphatic carbocycles. The van der Waals surface area contributed by atoms with Crippen molar-refractivity contribution in [1.82, 2.24) is 0 Å². The third-order valence-electron chi connectivity index (χ3n) is 3.94. The van der Waals surface area contributed by atoms with Crippen molar-refractivity contribution < 1.29 is 0 Å². The molecule has 0 bridgehead atoms. The van der Waals surface area contributed by atoms with E-state index in [4.69, 9.17) is 0 Å². The first-order valence-electron chi connectivity index (χ1n) is 5.37. The number of hydrogen-bond donors (Lipinski definition) is 0. The summed E-state index contributed by atoms with van der Waals surface area (Å²) in [5, 5.41) is 0. The SMILES string of the molecule is CC1CCC2C(C)CSCCC12. The summed E-state index contributed by atoms with van der Waals surface area (Å²) in [5.74, 6) is 7.03. The molecule has 0 aromatic heterocycles. The molecule has 1 saturated heterocycles. The summed E-state index contributed by atoms with van der Waals surface area (Å²) in [6, 6.07) is 0. The number of rotatable bonds is 0. The Balaban J connectivity index is 2.07. The van der Waals surface area contributed by atoms with E-state index in [1.54, 1.807) is 0 Å². The van der Waals surface area contributed by atoms with Gasteiger partial charge in [-0.1, -0.05) is 20.3 Å². The molecule has 0 amide bonds. The third-order valence-corrected chi connectivity index (χ3v) is 5.23. The van der Waals surface area contributed by atoms with E-state index in [9.17, 15) is 0 Å². The first kappa shape index (κ1) is 8.93. The first-order valence-corrected chi connectivity index (χ1v) is 6.52. The van der Waals surface area contributed by atoms with Gasteiger partial charge in [0, 0.05) is 0 Å². The highest BCUT2D eigenvalue weighted by atomic mass is 32.2. The smallest absolute Gasteiger partial charge is 0.00390 e. The molecule has 2 rings (SSSR count). The predicted molar refractivity (Wildman–Crippen MR) is 56.5 cm³/mol. The molecule has 2 aliphatic rings. The van der Waals surface area contributed by atoms with Crippen molar-refractivity contribution >= 4 is 11.8 Å². The second-order valence-electron chi connectivity index (χ2n) is 4.72. The Kier molecular flexibility index (Phi) is 2.69. The van der Waals surface area contributed by atoms with Crippen molar-refractivity contribution in [2.24, 2.45) is 23.7 Å². The van der Waals surface area contributed by atoms with Gasteiger partial charge in [-0.25, -0.2) is 0 Å². The van der Waals surface area contributed by atoms with E-state index in [1.807, 2.05) is 0 Å². The Morgan fingerprint density at radius 1 is 0.917 bits per heavy atom. The van der Waals surface area contributed by atoms with Gasteiger partial charge in [0.15, 0.2) is 0 Å². The van der Waals surface area contributed by atoms with Gasteiger partial charge < -0.3 is 0 Å². The van der Waals surface area contributed by atoms with Crippen LogP contribution in [0.3, 0.4) is 0 Å². The van der Waals surface area contributed by atoms with Gasteiger partial charge in [0.2, 0.25) is 0 Å². The van der Waals surface area contributed by atoms with Gasteiger partial charge in [0.25, 0.3) is 0 Å². The van der Waals surface area contributed by atoms with E-state index in [1.165, 1.54) is 30.8 Å². The summed E-state index contributed by atoms with van der Waals surface area (Å²) in [6.45, 7) is 4.93. The number of thioether (sulfide) groups is 1. The molecule has 4 unspecified atom stereocenters. The minimum atomic E-state index is 0.993. The van der Waals surface area contributed by atoms with Crippen LogP contribution < -0.4 is 0 Å². The van der Waals surface area contributed by atoms with E-state index in [-0.39, 0.29) is 0 Å². The number of hydrogen-bond acceptors (Lipinski definition) is 1. The van der Waals surface area contributed by atoms with Crippen LogP contribution in [0.25, 0.3) is 0 Å². The minimum absolute atomic E-state index is 0.993. The van der Waals surface area contributed by atoms with Crippen LogP contribution in [-0.2, 0) is 0 Å². The van der Waals surface area contributed by atoms with Crippen molar-refractivity contribution in [2.75, 3.05) is 11.5 Å². The molecule has 0 N–H and O–H groups in total.